The molecule has 44 heavy (non-hydrogen) atoms. The number of aryl methyl sites for hydroxylation is 1. The third-order valence-corrected chi connectivity index (χ3v) is 6.21. The van der Waals surface area contributed by atoms with Gasteiger partial charge in [0.25, 0.3) is 11.8 Å². The fourth-order valence-electron chi connectivity index (χ4n) is 4.02. The summed E-state index contributed by atoms with van der Waals surface area (Å²) < 4.78 is 6.68. The van der Waals surface area contributed by atoms with E-state index < -0.39 is 29.7 Å². The van der Waals surface area contributed by atoms with E-state index in [4.69, 9.17) is 10.5 Å². The normalized spacial score (nSPS) is 10.8. The van der Waals surface area contributed by atoms with Crippen molar-refractivity contribution < 1.29 is 23.9 Å². The van der Waals surface area contributed by atoms with Crippen LogP contribution in [0.1, 0.15) is 32.9 Å². The van der Waals surface area contributed by atoms with Crippen molar-refractivity contribution in [3.8, 4) is 5.69 Å². The molecule has 0 saturated carbocycles. The Morgan fingerprint density at radius 2 is 1.48 bits per heavy atom. The maximum absolute atomic E-state index is 13.3. The van der Waals surface area contributed by atoms with Crippen LogP contribution < -0.4 is 16.4 Å². The van der Waals surface area contributed by atoms with Crippen LogP contribution in [0.15, 0.2) is 116 Å². The number of benzene rings is 3. The van der Waals surface area contributed by atoms with Crippen LogP contribution in [0.3, 0.4) is 0 Å². The SMILES string of the molecule is C=CC=C.Cc1cc(C(=O)NC(Cc2ccccc2)C(=O)C(N)=O)n(-c2ccc(CNC(=O)OCc3ccccc3)cc2)n1. The molecule has 0 saturated heterocycles. The molecule has 4 rings (SSSR count). The molecule has 1 aromatic heterocycles. The molecule has 0 aliphatic carbocycles. The summed E-state index contributed by atoms with van der Waals surface area (Å²) >= 11 is 0. The van der Waals surface area contributed by atoms with Crippen molar-refractivity contribution in [2.75, 3.05) is 0 Å². The fourth-order valence-corrected chi connectivity index (χ4v) is 4.02. The monoisotopic (exact) mass is 593 g/mol. The highest BCUT2D eigenvalue weighted by molar-refractivity contribution is 6.38. The highest BCUT2D eigenvalue weighted by Crippen LogP contribution is 2.15. The lowest BCUT2D eigenvalue weighted by Crippen LogP contribution is -2.47. The Kier molecular flexibility index (Phi) is 12.4. The van der Waals surface area contributed by atoms with Gasteiger partial charge < -0.3 is 21.1 Å². The largest absolute Gasteiger partial charge is 0.445 e. The Morgan fingerprint density at radius 1 is 0.886 bits per heavy atom. The van der Waals surface area contributed by atoms with E-state index in [0.717, 1.165) is 16.7 Å². The summed E-state index contributed by atoms with van der Waals surface area (Å²) in [4.78, 5) is 49.4. The van der Waals surface area contributed by atoms with Crippen molar-refractivity contribution >= 4 is 23.7 Å². The van der Waals surface area contributed by atoms with Crippen LogP contribution >= 0.6 is 0 Å². The number of Topliss-reactive ketones (excluding diaryl/α,β-unsaturated/α-hetero) is 1. The van der Waals surface area contributed by atoms with Gasteiger partial charge >= 0.3 is 6.09 Å². The van der Waals surface area contributed by atoms with Gasteiger partial charge in [-0.3, -0.25) is 14.4 Å². The van der Waals surface area contributed by atoms with Crippen molar-refractivity contribution in [1.82, 2.24) is 20.4 Å². The van der Waals surface area contributed by atoms with Crippen molar-refractivity contribution in [3.63, 3.8) is 0 Å². The van der Waals surface area contributed by atoms with Crippen LogP contribution in [0.25, 0.3) is 5.69 Å². The number of aromatic nitrogens is 2. The first-order valence-corrected chi connectivity index (χ1v) is 13.7. The maximum atomic E-state index is 13.3. The molecule has 10 nitrogen and oxygen atoms in total. The van der Waals surface area contributed by atoms with E-state index in [-0.39, 0.29) is 25.3 Å². The maximum Gasteiger partial charge on any atom is 0.407 e. The quantitative estimate of drug-likeness (QED) is 0.164. The molecule has 4 aromatic rings. The van der Waals surface area contributed by atoms with Crippen LogP contribution in [0.4, 0.5) is 4.79 Å². The minimum Gasteiger partial charge on any atom is -0.445 e. The Morgan fingerprint density at radius 3 is 2.05 bits per heavy atom. The number of carbonyl (C=O) groups is 4. The first kappa shape index (κ1) is 32.7. The van der Waals surface area contributed by atoms with E-state index in [9.17, 15) is 19.2 Å². The number of nitrogens with zero attached hydrogens (tertiary/aromatic N) is 2. The van der Waals surface area contributed by atoms with Gasteiger partial charge in [-0.15, -0.1) is 0 Å². The number of amides is 3. The third kappa shape index (κ3) is 9.95. The molecule has 1 unspecified atom stereocenters. The molecule has 1 heterocycles. The number of primary amides is 1. The summed E-state index contributed by atoms with van der Waals surface area (Å²) in [6.07, 6.45) is 2.85. The Hall–Kier alpha value is -5.77. The molecule has 0 radical (unpaired) electrons. The molecule has 0 spiro atoms. The molecule has 0 aliphatic rings. The lowest BCUT2D eigenvalue weighted by molar-refractivity contribution is -0.137. The van der Waals surface area contributed by atoms with E-state index in [1.165, 1.54) is 4.68 Å². The molecule has 4 N–H and O–H groups in total. The summed E-state index contributed by atoms with van der Waals surface area (Å²) in [7, 11) is 0. The average molecular weight is 594 g/mol. The van der Waals surface area contributed by atoms with Gasteiger partial charge in [0.15, 0.2) is 0 Å². The molecule has 10 heteroatoms. The number of allylic oxidation sites excluding steroid dienone is 2. The third-order valence-electron chi connectivity index (χ3n) is 6.21. The minimum absolute atomic E-state index is 0.108. The van der Waals surface area contributed by atoms with Gasteiger partial charge in [0.1, 0.15) is 18.3 Å². The van der Waals surface area contributed by atoms with E-state index >= 15 is 0 Å². The molecule has 3 amide bonds. The number of carbonyl (C=O) groups excluding carboxylic acids is 4. The van der Waals surface area contributed by atoms with Crippen molar-refractivity contribution in [2.24, 2.45) is 5.73 Å². The van der Waals surface area contributed by atoms with Gasteiger partial charge in [-0.25, -0.2) is 9.48 Å². The molecular weight excluding hydrogens is 558 g/mol. The molecule has 0 fully saturated rings. The zero-order chi connectivity index (χ0) is 31.9. The number of alkyl carbamates (subject to hydrolysis) is 1. The van der Waals surface area contributed by atoms with Crippen LogP contribution in [-0.4, -0.2) is 39.5 Å². The first-order valence-electron chi connectivity index (χ1n) is 13.7. The van der Waals surface area contributed by atoms with Gasteiger partial charge in [-0.05, 0) is 41.8 Å². The summed E-state index contributed by atoms with van der Waals surface area (Å²) in [5, 5.41) is 9.77. The Balaban J connectivity index is 0.00000124. The molecule has 1 atom stereocenters. The number of nitrogens with two attached hydrogens (primary N) is 1. The lowest BCUT2D eigenvalue weighted by Gasteiger charge is -2.17. The topological polar surface area (TPSA) is 145 Å². The number of hydrogen-bond donors (Lipinski definition) is 3. The highest BCUT2D eigenvalue weighted by Gasteiger charge is 2.27. The van der Waals surface area contributed by atoms with Crippen LogP contribution in [-0.2, 0) is 33.9 Å². The predicted octanol–water partition coefficient (Wildman–Crippen LogP) is 4.36. The first-order chi connectivity index (χ1) is 21.2. The van der Waals surface area contributed by atoms with Gasteiger partial charge in [0.2, 0.25) is 5.78 Å². The number of ether oxygens (including phenoxy) is 1. The predicted molar refractivity (Wildman–Crippen MR) is 168 cm³/mol. The Bertz CT molecular complexity index is 1580. The van der Waals surface area contributed by atoms with E-state index in [0.29, 0.717) is 11.4 Å². The average Bonchev–Trinajstić information content (AvgIpc) is 3.45. The highest BCUT2D eigenvalue weighted by atomic mass is 16.5. The van der Waals surface area contributed by atoms with Crippen molar-refractivity contribution in [1.29, 1.82) is 0 Å². The second-order valence-electron chi connectivity index (χ2n) is 9.58. The summed E-state index contributed by atoms with van der Waals surface area (Å²) in [5.41, 5.74) is 9.06. The minimum atomic E-state index is -1.13. The molecule has 0 bridgehead atoms. The van der Waals surface area contributed by atoms with Crippen LogP contribution in [0.2, 0.25) is 0 Å². The summed E-state index contributed by atoms with van der Waals surface area (Å²) in [5.74, 6) is -2.60. The standard InChI is InChI=1S/C30H29N5O5.C4H6/c1-20-16-26(29(38)33-25(27(36)28(31)37)17-21-8-4-2-5-9-21)35(34-20)24-14-12-22(13-15-24)18-32-30(39)40-19-23-10-6-3-7-11-23;1-3-4-2/h2-16,25H,17-19H2,1H3,(H2,31,37)(H,32,39)(H,33,38);3-4H,1-2H2. The Labute approximate surface area is 256 Å². The van der Waals surface area contributed by atoms with Gasteiger partial charge in [-0.1, -0.05) is 98.1 Å². The molecular formula is C34H35N5O5. The number of rotatable bonds is 12. The summed E-state index contributed by atoms with van der Waals surface area (Å²) in [6, 6.07) is 25.9. The van der Waals surface area contributed by atoms with Crippen LogP contribution in [0.5, 0.6) is 0 Å². The van der Waals surface area contributed by atoms with E-state index in [1.54, 1.807) is 73.7 Å². The molecule has 226 valence electrons. The lowest BCUT2D eigenvalue weighted by atomic mass is 10.0. The number of ketones is 1. The van der Waals surface area contributed by atoms with Gasteiger partial charge in [0, 0.05) is 13.0 Å². The van der Waals surface area contributed by atoms with Crippen molar-refractivity contribution in [2.45, 2.75) is 32.5 Å². The van der Waals surface area contributed by atoms with Crippen molar-refractivity contribution in [3.05, 3.63) is 144 Å². The smallest absolute Gasteiger partial charge is 0.407 e. The number of nitrogens with one attached hydrogen (secondary N) is 2. The molecule has 0 aliphatic heterocycles. The molecule has 3 aromatic carbocycles. The zero-order valence-electron chi connectivity index (χ0n) is 24.4. The fraction of sp³-hybridized carbons (Fsp3) is 0.147. The van der Waals surface area contributed by atoms with Crippen LogP contribution in [0, 0.1) is 6.92 Å². The zero-order valence-corrected chi connectivity index (χ0v) is 24.4. The number of hydrogen-bond acceptors (Lipinski definition) is 6. The van der Waals surface area contributed by atoms with E-state index in [1.807, 2.05) is 36.4 Å². The van der Waals surface area contributed by atoms with Gasteiger partial charge in [0.05, 0.1) is 11.4 Å². The van der Waals surface area contributed by atoms with E-state index in [2.05, 4.69) is 28.9 Å². The van der Waals surface area contributed by atoms with Gasteiger partial charge in [-0.2, -0.15) is 5.10 Å². The second kappa shape index (κ2) is 16.6. The second-order valence-corrected chi connectivity index (χ2v) is 9.58. The summed E-state index contributed by atoms with van der Waals surface area (Å²) in [6.45, 7) is 8.88.